The lowest BCUT2D eigenvalue weighted by Gasteiger charge is -2.39. The summed E-state index contributed by atoms with van der Waals surface area (Å²) in [6, 6.07) is 3.85. The third-order valence-electron chi connectivity index (χ3n) is 6.07. The fraction of sp³-hybridized carbons (Fsp3) is 0.350. The summed E-state index contributed by atoms with van der Waals surface area (Å²) in [6.45, 7) is 4.83. The number of nitrogens with one attached hydrogen (secondary N) is 1. The van der Waals surface area contributed by atoms with Gasteiger partial charge in [0.2, 0.25) is 0 Å². The van der Waals surface area contributed by atoms with Crippen LogP contribution in [0.1, 0.15) is 19.8 Å². The van der Waals surface area contributed by atoms with Gasteiger partial charge < -0.3 is 10.6 Å². The van der Waals surface area contributed by atoms with Crippen LogP contribution in [-0.2, 0) is 0 Å². The average molecular weight is 430 g/mol. The maximum absolute atomic E-state index is 6.68. The number of aromatic amines is 1. The highest BCUT2D eigenvalue weighted by Gasteiger charge is 2.30. The first kappa shape index (κ1) is 18.7. The SMILES string of the molecule is CC1(CN)CCN(c2nccn3c(-c4ccc5[nH]nc(Cl)c5c4Cl)ncc23)CC1. The molecular weight excluding hydrogens is 409 g/mol. The summed E-state index contributed by atoms with van der Waals surface area (Å²) >= 11 is 12.9. The molecule has 0 radical (unpaired) electrons. The Kier molecular flexibility index (Phi) is 4.42. The number of aromatic nitrogens is 5. The molecule has 3 aromatic heterocycles. The van der Waals surface area contributed by atoms with Gasteiger partial charge in [-0.25, -0.2) is 9.97 Å². The number of hydrogen-bond acceptors (Lipinski definition) is 5. The number of hydrogen-bond donors (Lipinski definition) is 2. The summed E-state index contributed by atoms with van der Waals surface area (Å²) in [5, 5.41) is 8.51. The summed E-state index contributed by atoms with van der Waals surface area (Å²) in [4.78, 5) is 11.6. The zero-order chi connectivity index (χ0) is 20.2. The van der Waals surface area contributed by atoms with E-state index in [-0.39, 0.29) is 5.41 Å². The molecule has 9 heteroatoms. The Labute approximate surface area is 177 Å². The lowest BCUT2D eigenvalue weighted by molar-refractivity contribution is 0.258. The Morgan fingerprint density at radius 2 is 2.00 bits per heavy atom. The van der Waals surface area contributed by atoms with Gasteiger partial charge in [-0.05, 0) is 36.9 Å². The average Bonchev–Trinajstić information content (AvgIpc) is 3.33. The minimum Gasteiger partial charge on any atom is -0.355 e. The van der Waals surface area contributed by atoms with E-state index in [4.69, 9.17) is 28.9 Å². The van der Waals surface area contributed by atoms with Crippen LogP contribution in [0.4, 0.5) is 5.82 Å². The molecule has 7 nitrogen and oxygen atoms in total. The van der Waals surface area contributed by atoms with Crippen LogP contribution in [0.5, 0.6) is 0 Å². The molecule has 0 atom stereocenters. The Hall–Kier alpha value is -2.35. The molecule has 4 heterocycles. The van der Waals surface area contributed by atoms with Crippen molar-refractivity contribution in [1.29, 1.82) is 0 Å². The van der Waals surface area contributed by atoms with Gasteiger partial charge >= 0.3 is 0 Å². The van der Waals surface area contributed by atoms with Gasteiger partial charge in [0.15, 0.2) is 11.0 Å². The van der Waals surface area contributed by atoms with E-state index in [0.29, 0.717) is 22.1 Å². The molecule has 0 spiro atoms. The second-order valence-corrected chi connectivity index (χ2v) is 8.69. The first-order valence-electron chi connectivity index (χ1n) is 9.60. The Morgan fingerprint density at radius 1 is 1.21 bits per heavy atom. The monoisotopic (exact) mass is 429 g/mol. The number of rotatable bonds is 3. The van der Waals surface area contributed by atoms with Crippen molar-refractivity contribution in [2.75, 3.05) is 24.5 Å². The van der Waals surface area contributed by atoms with E-state index in [1.165, 1.54) is 0 Å². The van der Waals surface area contributed by atoms with E-state index >= 15 is 0 Å². The maximum atomic E-state index is 6.68. The van der Waals surface area contributed by atoms with Crippen molar-refractivity contribution < 1.29 is 0 Å². The van der Waals surface area contributed by atoms with Crippen molar-refractivity contribution >= 4 is 45.4 Å². The van der Waals surface area contributed by atoms with E-state index in [9.17, 15) is 0 Å². The summed E-state index contributed by atoms with van der Waals surface area (Å²) in [6.07, 6.45) is 7.67. The summed E-state index contributed by atoms with van der Waals surface area (Å²) in [5.74, 6) is 1.68. The lowest BCUT2D eigenvalue weighted by Crippen LogP contribution is -2.42. The maximum Gasteiger partial charge on any atom is 0.160 e. The van der Waals surface area contributed by atoms with Crippen molar-refractivity contribution in [3.05, 3.63) is 40.9 Å². The van der Waals surface area contributed by atoms with Gasteiger partial charge in [0.05, 0.1) is 22.1 Å². The van der Waals surface area contributed by atoms with Gasteiger partial charge in [0, 0.05) is 31.0 Å². The third-order valence-corrected chi connectivity index (χ3v) is 6.73. The molecule has 29 heavy (non-hydrogen) atoms. The van der Waals surface area contributed by atoms with Gasteiger partial charge in [-0.2, -0.15) is 5.10 Å². The smallest absolute Gasteiger partial charge is 0.160 e. The minimum absolute atomic E-state index is 0.208. The largest absolute Gasteiger partial charge is 0.355 e. The van der Waals surface area contributed by atoms with Crippen LogP contribution in [0, 0.1) is 5.41 Å². The minimum atomic E-state index is 0.208. The van der Waals surface area contributed by atoms with Crippen LogP contribution >= 0.6 is 23.2 Å². The van der Waals surface area contributed by atoms with Crippen LogP contribution in [-0.4, -0.2) is 44.2 Å². The highest BCUT2D eigenvalue weighted by Crippen LogP contribution is 2.38. The van der Waals surface area contributed by atoms with E-state index in [1.807, 2.05) is 35.1 Å². The van der Waals surface area contributed by atoms with E-state index in [2.05, 4.69) is 32.0 Å². The van der Waals surface area contributed by atoms with Gasteiger partial charge in [-0.1, -0.05) is 30.1 Å². The molecular formula is C20H21Cl2N7. The molecule has 4 aromatic rings. The molecule has 1 aromatic carbocycles. The predicted molar refractivity (Wildman–Crippen MR) is 117 cm³/mol. The van der Waals surface area contributed by atoms with Crippen molar-refractivity contribution in [1.82, 2.24) is 24.6 Å². The zero-order valence-corrected chi connectivity index (χ0v) is 17.5. The normalized spacial score (nSPS) is 16.8. The molecule has 0 unspecified atom stereocenters. The Morgan fingerprint density at radius 3 is 2.76 bits per heavy atom. The number of imidazole rings is 1. The molecule has 1 fully saturated rings. The standard InChI is InChI=1S/C20H21Cl2N7/c1-20(11-23)4-7-28(8-5-20)19-14-10-25-18(29(14)9-6-24-19)12-2-3-13-15(16(12)21)17(22)27-26-13/h2-3,6,9-10H,4-5,7-8,11,23H2,1H3,(H,26,27). The number of halogens is 2. The highest BCUT2D eigenvalue weighted by molar-refractivity contribution is 6.43. The van der Waals surface area contributed by atoms with Crippen LogP contribution in [0.3, 0.4) is 0 Å². The van der Waals surface area contributed by atoms with Crippen molar-refractivity contribution in [2.45, 2.75) is 19.8 Å². The predicted octanol–water partition coefficient (Wildman–Crippen LogP) is 4.14. The summed E-state index contributed by atoms with van der Waals surface area (Å²) in [5.41, 5.74) is 8.71. The molecule has 1 saturated heterocycles. The van der Waals surface area contributed by atoms with Gasteiger partial charge in [-0.3, -0.25) is 9.50 Å². The van der Waals surface area contributed by atoms with E-state index < -0.39 is 0 Å². The molecule has 1 aliphatic rings. The number of nitrogens with two attached hydrogens (primary N) is 1. The molecule has 150 valence electrons. The van der Waals surface area contributed by atoms with Crippen LogP contribution < -0.4 is 10.6 Å². The summed E-state index contributed by atoms with van der Waals surface area (Å²) in [7, 11) is 0. The van der Waals surface area contributed by atoms with Crippen LogP contribution in [0.2, 0.25) is 10.2 Å². The molecule has 5 rings (SSSR count). The number of fused-ring (bicyclic) bond motifs is 2. The molecule has 3 N–H and O–H groups in total. The van der Waals surface area contributed by atoms with Gasteiger partial charge in [-0.15, -0.1) is 0 Å². The number of H-pyrrole nitrogens is 1. The highest BCUT2D eigenvalue weighted by atomic mass is 35.5. The quantitative estimate of drug-likeness (QED) is 0.510. The van der Waals surface area contributed by atoms with E-state index in [0.717, 1.165) is 54.2 Å². The fourth-order valence-corrected chi connectivity index (χ4v) is 4.65. The third kappa shape index (κ3) is 2.96. The van der Waals surface area contributed by atoms with Crippen LogP contribution in [0.15, 0.2) is 30.7 Å². The van der Waals surface area contributed by atoms with Crippen LogP contribution in [0.25, 0.3) is 27.8 Å². The van der Waals surface area contributed by atoms with Crippen molar-refractivity contribution in [3.8, 4) is 11.4 Å². The van der Waals surface area contributed by atoms with Crippen molar-refractivity contribution in [2.24, 2.45) is 11.1 Å². The summed E-state index contributed by atoms with van der Waals surface area (Å²) < 4.78 is 2.03. The van der Waals surface area contributed by atoms with E-state index in [1.54, 1.807) is 0 Å². The van der Waals surface area contributed by atoms with Crippen molar-refractivity contribution in [3.63, 3.8) is 0 Å². The molecule has 1 aliphatic heterocycles. The first-order chi connectivity index (χ1) is 14.0. The fourth-order valence-electron chi connectivity index (χ4n) is 4.03. The number of anilines is 1. The number of nitrogens with zero attached hydrogens (tertiary/aromatic N) is 5. The number of benzene rings is 1. The Balaban J connectivity index is 1.58. The molecule has 0 bridgehead atoms. The molecule has 0 amide bonds. The first-order valence-corrected chi connectivity index (χ1v) is 10.4. The lowest BCUT2D eigenvalue weighted by atomic mass is 9.80. The Bertz CT molecular complexity index is 1200. The zero-order valence-electron chi connectivity index (χ0n) is 16.0. The number of piperidine rings is 1. The second-order valence-electron chi connectivity index (χ2n) is 7.95. The molecule has 0 saturated carbocycles. The molecule has 0 aliphatic carbocycles. The van der Waals surface area contributed by atoms with Gasteiger partial charge in [0.1, 0.15) is 11.3 Å². The van der Waals surface area contributed by atoms with Gasteiger partial charge in [0.25, 0.3) is 0 Å². The second kappa shape index (κ2) is 6.86. The topological polar surface area (TPSA) is 88.1 Å².